The van der Waals surface area contributed by atoms with Crippen molar-refractivity contribution < 1.29 is 32.7 Å². The van der Waals surface area contributed by atoms with Gasteiger partial charge in [-0.3, -0.25) is 34.4 Å². The van der Waals surface area contributed by atoms with Crippen LogP contribution in [-0.2, 0) is 14.3 Å². The number of piperidine rings is 2. The number of aryl methyl sites for hydroxylation is 1. The fourth-order valence-corrected chi connectivity index (χ4v) is 9.15. The number of rotatable bonds is 7. The number of carbonyl (C=O) groups is 4. The lowest BCUT2D eigenvalue weighted by atomic mass is 9.89. The number of amides is 4. The number of fused-ring (bicyclic) bond motifs is 5. The molecular formula is C45H52F2N10O5. The van der Waals surface area contributed by atoms with Crippen LogP contribution in [0.5, 0.6) is 0 Å². The minimum absolute atomic E-state index is 0.00505. The molecule has 62 heavy (non-hydrogen) atoms. The average Bonchev–Trinajstić information content (AvgIpc) is 3.56. The lowest BCUT2D eigenvalue weighted by Crippen LogP contribution is -2.63. The monoisotopic (exact) mass is 850 g/mol. The Morgan fingerprint density at radius 3 is 2.44 bits per heavy atom. The number of ether oxygens (including phenoxy) is 1. The van der Waals surface area contributed by atoms with Crippen molar-refractivity contribution in [1.29, 1.82) is 5.41 Å². The number of carbonyl (C=O) groups excluding carboxylic acids is 4. The molecule has 0 saturated carbocycles. The van der Waals surface area contributed by atoms with Crippen molar-refractivity contribution in [3.63, 3.8) is 0 Å². The maximum absolute atomic E-state index is 15.3. The Bertz CT molecular complexity index is 2350. The number of aromatic nitrogens is 1. The Hall–Kier alpha value is -6.23. The molecule has 1 aromatic heterocycles. The molecule has 3 aromatic rings. The molecule has 2 aromatic carbocycles. The third-order valence-corrected chi connectivity index (χ3v) is 12.7. The number of hydrogen-bond donors (Lipinski definition) is 4. The first-order chi connectivity index (χ1) is 29.8. The highest BCUT2D eigenvalue weighted by molar-refractivity contribution is 6.20. The molecular weight excluding hydrogens is 799 g/mol. The van der Waals surface area contributed by atoms with Crippen LogP contribution < -0.4 is 25.8 Å². The van der Waals surface area contributed by atoms with Gasteiger partial charge in [0.1, 0.15) is 11.6 Å². The van der Waals surface area contributed by atoms with E-state index < -0.39 is 35.3 Å². The highest BCUT2D eigenvalue weighted by Gasteiger charge is 2.39. The Labute approximate surface area is 359 Å². The second kappa shape index (κ2) is 17.6. The molecule has 326 valence electrons. The van der Waals surface area contributed by atoms with Gasteiger partial charge in [0.25, 0.3) is 11.8 Å². The Balaban J connectivity index is 0.915. The molecule has 5 aliphatic heterocycles. The third-order valence-electron chi connectivity index (χ3n) is 12.7. The molecule has 6 heterocycles. The molecule has 0 spiro atoms. The van der Waals surface area contributed by atoms with Gasteiger partial charge in [0, 0.05) is 93.6 Å². The van der Waals surface area contributed by atoms with E-state index in [1.54, 1.807) is 37.1 Å². The lowest BCUT2D eigenvalue weighted by molar-refractivity contribution is -0.134. The van der Waals surface area contributed by atoms with E-state index in [9.17, 15) is 19.2 Å². The van der Waals surface area contributed by atoms with Gasteiger partial charge in [-0.05, 0) is 87.4 Å². The number of guanidine groups is 1. The third kappa shape index (κ3) is 8.49. The minimum atomic E-state index is -1.04. The van der Waals surface area contributed by atoms with Crippen molar-refractivity contribution in [3.05, 3.63) is 88.1 Å². The van der Waals surface area contributed by atoms with E-state index in [0.29, 0.717) is 84.9 Å². The second-order valence-corrected chi connectivity index (χ2v) is 16.9. The van der Waals surface area contributed by atoms with Gasteiger partial charge in [0.15, 0.2) is 5.88 Å². The summed E-state index contributed by atoms with van der Waals surface area (Å²) in [6.45, 7) is 7.48. The van der Waals surface area contributed by atoms with Crippen molar-refractivity contribution in [1.82, 2.24) is 25.4 Å². The van der Waals surface area contributed by atoms with E-state index in [2.05, 4.69) is 37.8 Å². The van der Waals surface area contributed by atoms with Crippen LogP contribution in [0.2, 0.25) is 0 Å². The number of imide groups is 1. The highest BCUT2D eigenvalue weighted by atomic mass is 19.1. The van der Waals surface area contributed by atoms with Gasteiger partial charge >= 0.3 is 0 Å². The minimum Gasteiger partial charge on any atom is -0.479 e. The highest BCUT2D eigenvalue weighted by Crippen LogP contribution is 2.37. The molecule has 2 bridgehead atoms. The van der Waals surface area contributed by atoms with Crippen LogP contribution in [0.4, 0.5) is 25.8 Å². The van der Waals surface area contributed by atoms with Crippen LogP contribution in [0.3, 0.4) is 0 Å². The molecule has 5 aliphatic rings. The number of aliphatic imine (C=N–C) groups is 1. The van der Waals surface area contributed by atoms with Crippen LogP contribution in [0, 0.1) is 29.9 Å². The molecule has 0 unspecified atom stereocenters. The van der Waals surface area contributed by atoms with Crippen molar-refractivity contribution in [3.8, 4) is 0 Å². The molecule has 0 aliphatic carbocycles. The predicted molar refractivity (Wildman–Crippen MR) is 231 cm³/mol. The van der Waals surface area contributed by atoms with Crippen molar-refractivity contribution in [2.75, 3.05) is 68.5 Å². The van der Waals surface area contributed by atoms with Crippen LogP contribution >= 0.6 is 0 Å². The number of allylic oxidation sites excluding steroid dienone is 1. The number of benzene rings is 2. The summed E-state index contributed by atoms with van der Waals surface area (Å²) in [6, 6.07) is 11.6. The summed E-state index contributed by atoms with van der Waals surface area (Å²) in [7, 11) is 3.54. The molecule has 17 heteroatoms. The van der Waals surface area contributed by atoms with E-state index >= 15 is 8.78 Å². The van der Waals surface area contributed by atoms with E-state index in [1.807, 2.05) is 29.0 Å². The normalized spacial score (nSPS) is 23.6. The fraction of sp³-hybridized carbons (Fsp3) is 0.444. The largest absolute Gasteiger partial charge is 0.479 e. The zero-order valence-electron chi connectivity index (χ0n) is 35.4. The van der Waals surface area contributed by atoms with Gasteiger partial charge in [0.05, 0.1) is 41.2 Å². The molecule has 0 radical (unpaired) electrons. The Morgan fingerprint density at radius 1 is 1.00 bits per heavy atom. The summed E-state index contributed by atoms with van der Waals surface area (Å²) >= 11 is 0. The summed E-state index contributed by atoms with van der Waals surface area (Å²) in [5, 5.41) is 16.6. The molecule has 8 rings (SSSR count). The maximum Gasteiger partial charge on any atom is 0.280 e. The SMILES string of the molecule is CN/C1=C(\C=N)c2cc(cc(C)n2)C(=O)/N=C2\Nc3ccc(C(=O)N(C)C4CN(C5CCN(c6cc(F)c([C@H]7CCC(=O)NC7=O)c(F)c6)CC5)C4)cc3N2C[C@H](C)CCCO1. The number of likely N-dealkylation sites (tertiary alicyclic amines) is 1. The van der Waals surface area contributed by atoms with Gasteiger partial charge in [-0.25, -0.2) is 8.78 Å². The van der Waals surface area contributed by atoms with Gasteiger partial charge in [-0.2, -0.15) is 4.99 Å². The second-order valence-electron chi connectivity index (χ2n) is 16.9. The summed E-state index contributed by atoms with van der Waals surface area (Å²) in [5.74, 6) is -3.37. The number of halogens is 2. The first kappa shape index (κ1) is 42.5. The fourth-order valence-electron chi connectivity index (χ4n) is 9.15. The number of anilines is 3. The number of nitrogens with zero attached hydrogens (tertiary/aromatic N) is 6. The van der Waals surface area contributed by atoms with Gasteiger partial charge in [-0.1, -0.05) is 6.92 Å². The van der Waals surface area contributed by atoms with Crippen LogP contribution in [0.25, 0.3) is 5.57 Å². The van der Waals surface area contributed by atoms with E-state index in [-0.39, 0.29) is 42.3 Å². The molecule has 2 atom stereocenters. The smallest absolute Gasteiger partial charge is 0.280 e. The lowest BCUT2D eigenvalue weighted by Gasteiger charge is -2.50. The number of likely N-dealkylation sites (N-methyl/N-ethyl adjacent to an activating group) is 1. The average molecular weight is 851 g/mol. The number of nitrogens with one attached hydrogen (secondary N) is 4. The zero-order valence-corrected chi connectivity index (χ0v) is 35.4. The Kier molecular flexibility index (Phi) is 12.1. The standard InChI is InChI=1S/C45H52F2N10O5/c1-25-6-5-15-62-43(49-3)33(21-48)37-17-28(16-26(2)50-37)41(59)53-45-51-36-9-7-27(18-38(36)57(45)22-25)44(61)54(4)31-23-56(24-31)29-11-13-55(14-12-29)30-19-34(46)40(35(47)20-30)32-8-10-39(58)52-42(32)60/h7,9,16-21,25,29,31-32,48-49H,5-6,8,10-15,22-24H2,1-4H3,(H,51,53,59)(H,52,58,60)/b43-33-,48-21?/t25-,32-/m1/s1. The van der Waals surface area contributed by atoms with Crippen molar-refractivity contribution in [2.24, 2.45) is 10.9 Å². The number of hydrogen-bond acceptors (Lipinski definition) is 12. The molecule has 4 amide bonds. The molecule has 15 nitrogen and oxygen atoms in total. The van der Waals surface area contributed by atoms with Crippen LogP contribution in [-0.4, -0.2) is 116 Å². The van der Waals surface area contributed by atoms with Gasteiger partial charge in [0.2, 0.25) is 17.8 Å². The van der Waals surface area contributed by atoms with Gasteiger partial charge in [-0.15, -0.1) is 0 Å². The van der Waals surface area contributed by atoms with Crippen LogP contribution in [0.15, 0.2) is 53.3 Å². The number of pyridine rings is 1. The first-order valence-electron chi connectivity index (χ1n) is 21.3. The Morgan fingerprint density at radius 2 is 1.74 bits per heavy atom. The predicted octanol–water partition coefficient (Wildman–Crippen LogP) is 5.03. The van der Waals surface area contributed by atoms with E-state index in [1.165, 1.54) is 18.3 Å². The quantitative estimate of drug-likeness (QED) is 0.186. The topological polar surface area (TPSA) is 176 Å². The summed E-state index contributed by atoms with van der Waals surface area (Å²) in [6.07, 6.45) is 4.40. The summed E-state index contributed by atoms with van der Waals surface area (Å²) < 4.78 is 36.6. The molecule has 3 fully saturated rings. The van der Waals surface area contributed by atoms with Crippen molar-refractivity contribution >= 4 is 58.4 Å². The molecule has 3 saturated heterocycles. The summed E-state index contributed by atoms with van der Waals surface area (Å²) in [5.41, 5.74) is 3.91. The van der Waals surface area contributed by atoms with E-state index in [0.717, 1.165) is 37.1 Å². The summed E-state index contributed by atoms with van der Waals surface area (Å²) in [4.78, 5) is 68.9. The zero-order chi connectivity index (χ0) is 43.8. The van der Waals surface area contributed by atoms with Crippen molar-refractivity contribution in [2.45, 2.75) is 70.4 Å². The van der Waals surface area contributed by atoms with Crippen LogP contribution in [0.1, 0.15) is 89.0 Å². The van der Waals surface area contributed by atoms with E-state index in [4.69, 9.17) is 10.1 Å². The molecule has 4 N–H and O–H groups in total. The van der Waals surface area contributed by atoms with Gasteiger partial charge < -0.3 is 35.5 Å². The maximum atomic E-state index is 15.3. The first-order valence-corrected chi connectivity index (χ1v) is 21.3.